The van der Waals surface area contributed by atoms with Gasteiger partial charge in [-0.2, -0.15) is 13.1 Å². The van der Waals surface area contributed by atoms with Crippen LogP contribution >= 0.6 is 0 Å². The Balaban J connectivity index is 2.25. The molecule has 1 aromatic carbocycles. The molecule has 17 heavy (non-hydrogen) atoms. The van der Waals surface area contributed by atoms with Crippen LogP contribution in [0.3, 0.4) is 0 Å². The van der Waals surface area contributed by atoms with Crippen molar-refractivity contribution in [3.05, 3.63) is 24.3 Å². The minimum Gasteiger partial charge on any atom is -0.399 e. The number of hydrogen-bond donors (Lipinski definition) is 2. The highest BCUT2D eigenvalue weighted by Crippen LogP contribution is 2.24. The molecule has 0 amide bonds. The molecule has 0 atom stereocenters. The standard InChI is InChI=1S/C11H17N3O2S/c1-2-14(11-5-3-4-9(12)8-11)17(15,16)13-10-6-7-10/h3-5,8,10,13H,2,6-7,12H2,1H3. The molecule has 2 rings (SSSR count). The number of benzene rings is 1. The summed E-state index contributed by atoms with van der Waals surface area (Å²) in [4.78, 5) is 0. The van der Waals surface area contributed by atoms with Gasteiger partial charge in [-0.25, -0.2) is 0 Å². The zero-order valence-corrected chi connectivity index (χ0v) is 10.6. The second-order valence-electron chi connectivity index (χ2n) is 4.16. The summed E-state index contributed by atoms with van der Waals surface area (Å²) in [6.07, 6.45) is 1.85. The summed E-state index contributed by atoms with van der Waals surface area (Å²) in [7, 11) is -3.45. The average molecular weight is 255 g/mol. The van der Waals surface area contributed by atoms with Gasteiger partial charge in [0.1, 0.15) is 0 Å². The van der Waals surface area contributed by atoms with E-state index in [1.807, 2.05) is 0 Å². The van der Waals surface area contributed by atoms with E-state index in [2.05, 4.69) is 4.72 Å². The molecule has 5 nitrogen and oxygen atoms in total. The predicted octanol–water partition coefficient (Wildman–Crippen LogP) is 1.09. The molecule has 1 fully saturated rings. The van der Waals surface area contributed by atoms with E-state index in [1.54, 1.807) is 31.2 Å². The van der Waals surface area contributed by atoms with Crippen molar-refractivity contribution in [2.75, 3.05) is 16.6 Å². The van der Waals surface area contributed by atoms with Crippen LogP contribution in [0.2, 0.25) is 0 Å². The van der Waals surface area contributed by atoms with Crippen molar-refractivity contribution in [3.8, 4) is 0 Å². The lowest BCUT2D eigenvalue weighted by Gasteiger charge is -2.23. The van der Waals surface area contributed by atoms with Crippen molar-refractivity contribution in [1.82, 2.24) is 4.72 Å². The lowest BCUT2D eigenvalue weighted by atomic mass is 10.3. The number of nitrogens with one attached hydrogen (secondary N) is 1. The molecule has 1 aliphatic carbocycles. The Kier molecular flexibility index (Phi) is 3.26. The number of nitrogen functional groups attached to an aromatic ring is 1. The fourth-order valence-electron chi connectivity index (χ4n) is 1.65. The maximum absolute atomic E-state index is 12.1. The maximum Gasteiger partial charge on any atom is 0.301 e. The summed E-state index contributed by atoms with van der Waals surface area (Å²) in [5.41, 5.74) is 6.82. The van der Waals surface area contributed by atoms with E-state index in [0.717, 1.165) is 12.8 Å². The summed E-state index contributed by atoms with van der Waals surface area (Å²) in [6, 6.07) is 7.00. The van der Waals surface area contributed by atoms with Gasteiger partial charge < -0.3 is 5.73 Å². The Morgan fingerprint density at radius 1 is 1.47 bits per heavy atom. The van der Waals surface area contributed by atoms with Gasteiger partial charge in [-0.05, 0) is 38.0 Å². The molecule has 6 heteroatoms. The van der Waals surface area contributed by atoms with Gasteiger partial charge in [-0.3, -0.25) is 4.31 Å². The quantitative estimate of drug-likeness (QED) is 0.773. The van der Waals surface area contributed by atoms with Crippen molar-refractivity contribution in [1.29, 1.82) is 0 Å². The molecular weight excluding hydrogens is 238 g/mol. The van der Waals surface area contributed by atoms with Crippen LogP contribution in [0.5, 0.6) is 0 Å². The van der Waals surface area contributed by atoms with E-state index < -0.39 is 10.2 Å². The topological polar surface area (TPSA) is 75.4 Å². The molecule has 0 aromatic heterocycles. The van der Waals surface area contributed by atoms with Crippen LogP contribution in [-0.4, -0.2) is 21.0 Å². The van der Waals surface area contributed by atoms with Gasteiger partial charge in [0.05, 0.1) is 5.69 Å². The van der Waals surface area contributed by atoms with Gasteiger partial charge in [-0.15, -0.1) is 0 Å². The molecule has 94 valence electrons. The third-order valence-electron chi connectivity index (χ3n) is 2.63. The van der Waals surface area contributed by atoms with E-state index in [0.29, 0.717) is 17.9 Å². The molecule has 0 heterocycles. The number of hydrogen-bond acceptors (Lipinski definition) is 3. The number of nitrogens with two attached hydrogens (primary N) is 1. The largest absolute Gasteiger partial charge is 0.399 e. The first-order valence-electron chi connectivity index (χ1n) is 5.68. The van der Waals surface area contributed by atoms with Gasteiger partial charge >= 0.3 is 10.2 Å². The van der Waals surface area contributed by atoms with E-state index >= 15 is 0 Å². The molecule has 1 aliphatic rings. The molecule has 0 radical (unpaired) electrons. The summed E-state index contributed by atoms with van der Waals surface area (Å²) in [5, 5.41) is 0. The number of anilines is 2. The second kappa shape index (κ2) is 4.54. The molecule has 1 aromatic rings. The van der Waals surface area contributed by atoms with Crippen molar-refractivity contribution >= 4 is 21.6 Å². The van der Waals surface area contributed by atoms with Gasteiger partial charge in [0.25, 0.3) is 0 Å². The van der Waals surface area contributed by atoms with Crippen LogP contribution in [0.1, 0.15) is 19.8 Å². The molecule has 1 saturated carbocycles. The smallest absolute Gasteiger partial charge is 0.301 e. The third-order valence-corrected chi connectivity index (χ3v) is 4.31. The zero-order chi connectivity index (χ0) is 12.5. The van der Waals surface area contributed by atoms with Crippen LogP contribution in [-0.2, 0) is 10.2 Å². The van der Waals surface area contributed by atoms with E-state index in [1.165, 1.54) is 4.31 Å². The van der Waals surface area contributed by atoms with Crippen molar-refractivity contribution < 1.29 is 8.42 Å². The fourth-order valence-corrected chi connectivity index (χ4v) is 3.16. The molecule has 0 spiro atoms. The third kappa shape index (κ3) is 2.89. The van der Waals surface area contributed by atoms with Crippen LogP contribution in [0.15, 0.2) is 24.3 Å². The highest BCUT2D eigenvalue weighted by atomic mass is 32.2. The van der Waals surface area contributed by atoms with Gasteiger partial charge in [-0.1, -0.05) is 6.07 Å². The monoisotopic (exact) mass is 255 g/mol. The Bertz CT molecular complexity index is 497. The van der Waals surface area contributed by atoms with Crippen LogP contribution in [0.25, 0.3) is 0 Å². The Labute approximate surface area is 102 Å². The molecule has 0 aliphatic heterocycles. The summed E-state index contributed by atoms with van der Waals surface area (Å²) in [5.74, 6) is 0. The van der Waals surface area contributed by atoms with Gasteiger partial charge in [0.15, 0.2) is 0 Å². The Hall–Kier alpha value is -1.27. The fraction of sp³-hybridized carbons (Fsp3) is 0.455. The van der Waals surface area contributed by atoms with Crippen LogP contribution in [0.4, 0.5) is 11.4 Å². The lowest BCUT2D eigenvalue weighted by Crippen LogP contribution is -2.41. The van der Waals surface area contributed by atoms with Crippen LogP contribution < -0.4 is 14.8 Å². The molecule has 0 saturated heterocycles. The SMILES string of the molecule is CCN(c1cccc(N)c1)S(=O)(=O)NC1CC1. The normalized spacial score (nSPS) is 15.8. The van der Waals surface area contributed by atoms with Crippen molar-refractivity contribution in [3.63, 3.8) is 0 Å². The molecule has 0 bridgehead atoms. The second-order valence-corrected chi connectivity index (χ2v) is 5.78. The Morgan fingerprint density at radius 3 is 2.71 bits per heavy atom. The van der Waals surface area contributed by atoms with Crippen molar-refractivity contribution in [2.45, 2.75) is 25.8 Å². The number of nitrogens with zero attached hydrogens (tertiary/aromatic N) is 1. The predicted molar refractivity (Wildman–Crippen MR) is 69.0 cm³/mol. The highest BCUT2D eigenvalue weighted by molar-refractivity contribution is 7.90. The van der Waals surface area contributed by atoms with Crippen LogP contribution in [0, 0.1) is 0 Å². The average Bonchev–Trinajstić information content (AvgIpc) is 3.01. The molecular formula is C11H17N3O2S. The zero-order valence-electron chi connectivity index (χ0n) is 9.76. The number of rotatable bonds is 5. The van der Waals surface area contributed by atoms with Crippen molar-refractivity contribution in [2.24, 2.45) is 0 Å². The first-order valence-corrected chi connectivity index (χ1v) is 7.12. The van der Waals surface area contributed by atoms with E-state index in [9.17, 15) is 8.42 Å². The van der Waals surface area contributed by atoms with Gasteiger partial charge in [0.2, 0.25) is 0 Å². The minimum absolute atomic E-state index is 0.107. The molecule has 0 unspecified atom stereocenters. The summed E-state index contributed by atoms with van der Waals surface area (Å²) >= 11 is 0. The highest BCUT2D eigenvalue weighted by Gasteiger charge is 2.30. The lowest BCUT2D eigenvalue weighted by molar-refractivity contribution is 0.576. The maximum atomic E-state index is 12.1. The van der Waals surface area contributed by atoms with E-state index in [-0.39, 0.29) is 6.04 Å². The first kappa shape index (κ1) is 12.2. The summed E-state index contributed by atoms with van der Waals surface area (Å²) in [6.45, 7) is 2.18. The first-order chi connectivity index (χ1) is 8.03. The van der Waals surface area contributed by atoms with Gasteiger partial charge in [0, 0.05) is 18.3 Å². The van der Waals surface area contributed by atoms with E-state index in [4.69, 9.17) is 5.73 Å². The minimum atomic E-state index is -3.45. The Morgan fingerprint density at radius 2 is 2.18 bits per heavy atom. The summed E-state index contributed by atoms with van der Waals surface area (Å²) < 4.78 is 28.2. The molecule has 3 N–H and O–H groups in total.